The van der Waals surface area contributed by atoms with Gasteiger partial charge in [-0.3, -0.25) is 9.59 Å². The normalized spacial score (nSPS) is 16.3. The first-order valence-electron chi connectivity index (χ1n) is 9.59. The molecule has 0 aliphatic carbocycles. The van der Waals surface area contributed by atoms with Crippen molar-refractivity contribution in [3.8, 4) is 11.1 Å². The van der Waals surface area contributed by atoms with Crippen molar-refractivity contribution in [2.45, 2.75) is 18.8 Å². The predicted molar refractivity (Wildman–Crippen MR) is 113 cm³/mol. The third-order valence-electron chi connectivity index (χ3n) is 5.51. The van der Waals surface area contributed by atoms with E-state index in [9.17, 15) is 18.4 Å². The van der Waals surface area contributed by atoms with Gasteiger partial charge in [0.2, 0.25) is 0 Å². The molecule has 0 saturated carbocycles. The minimum absolute atomic E-state index is 0.0686. The summed E-state index contributed by atoms with van der Waals surface area (Å²) in [5.41, 5.74) is 1.62. The maximum absolute atomic E-state index is 13.4. The molecule has 5 nitrogen and oxygen atoms in total. The molecule has 0 radical (unpaired) electrons. The number of fused-ring (bicyclic) bond motifs is 2. The highest BCUT2D eigenvalue weighted by Crippen LogP contribution is 2.37. The lowest BCUT2D eigenvalue weighted by atomic mass is 10.0. The van der Waals surface area contributed by atoms with Crippen LogP contribution in [-0.2, 0) is 0 Å². The standard InChI is InChI=1S/C22H17F2N3O2S/c23-22(24)6-8-27(9-7-22)21(29)18-11-14-2-1-3-16(19(14)30-18)13-4-5-17-15(10-13)12-25-26-20(17)28/h1-5,10-12H,6-9H2,(H,26,28). The number of aromatic nitrogens is 2. The molecule has 8 heteroatoms. The second-order valence-electron chi connectivity index (χ2n) is 7.48. The number of benzene rings is 2. The van der Waals surface area contributed by atoms with Gasteiger partial charge >= 0.3 is 0 Å². The molecule has 4 aromatic rings. The molecule has 0 bridgehead atoms. The van der Waals surface area contributed by atoms with Crippen molar-refractivity contribution in [2.75, 3.05) is 13.1 Å². The van der Waals surface area contributed by atoms with Gasteiger partial charge in [-0.15, -0.1) is 11.3 Å². The fourth-order valence-corrected chi connectivity index (χ4v) is 5.02. The number of H-pyrrole nitrogens is 1. The summed E-state index contributed by atoms with van der Waals surface area (Å²) in [5.74, 6) is -2.89. The Kier molecular flexibility index (Phi) is 4.39. The van der Waals surface area contributed by atoms with E-state index < -0.39 is 5.92 Å². The third-order valence-corrected chi connectivity index (χ3v) is 6.69. The molecule has 3 heterocycles. The average Bonchev–Trinajstić information content (AvgIpc) is 3.17. The minimum Gasteiger partial charge on any atom is -0.338 e. The largest absolute Gasteiger partial charge is 0.338 e. The van der Waals surface area contributed by atoms with Gasteiger partial charge in [0.1, 0.15) is 0 Å². The van der Waals surface area contributed by atoms with Gasteiger partial charge in [0, 0.05) is 36.0 Å². The molecule has 30 heavy (non-hydrogen) atoms. The van der Waals surface area contributed by atoms with E-state index in [1.807, 2.05) is 36.4 Å². The van der Waals surface area contributed by atoms with Crippen LogP contribution in [0.5, 0.6) is 0 Å². The number of nitrogens with one attached hydrogen (secondary N) is 1. The molecular formula is C22H17F2N3O2S. The fraction of sp³-hybridized carbons (Fsp3) is 0.227. The highest BCUT2D eigenvalue weighted by Gasteiger charge is 2.36. The molecule has 1 N–H and O–H groups in total. The van der Waals surface area contributed by atoms with Crippen molar-refractivity contribution in [2.24, 2.45) is 0 Å². The summed E-state index contributed by atoms with van der Waals surface area (Å²) in [6, 6.07) is 13.2. The number of rotatable bonds is 2. The van der Waals surface area contributed by atoms with Crippen molar-refractivity contribution in [1.82, 2.24) is 15.1 Å². The summed E-state index contributed by atoms with van der Waals surface area (Å²) in [4.78, 5) is 26.8. The van der Waals surface area contributed by atoms with Crippen LogP contribution >= 0.6 is 11.3 Å². The van der Waals surface area contributed by atoms with Crippen molar-refractivity contribution >= 4 is 38.1 Å². The minimum atomic E-state index is -2.68. The van der Waals surface area contributed by atoms with Crippen LogP contribution in [0.15, 0.2) is 53.5 Å². The number of carbonyl (C=O) groups is 1. The Labute approximate surface area is 173 Å². The first kappa shape index (κ1) is 18.9. The molecule has 2 aromatic carbocycles. The van der Waals surface area contributed by atoms with E-state index in [1.54, 1.807) is 12.3 Å². The van der Waals surface area contributed by atoms with E-state index in [1.165, 1.54) is 16.2 Å². The summed E-state index contributed by atoms with van der Waals surface area (Å²) in [7, 11) is 0. The molecule has 0 atom stereocenters. The quantitative estimate of drug-likeness (QED) is 0.507. The first-order chi connectivity index (χ1) is 14.4. The summed E-state index contributed by atoms with van der Waals surface area (Å²) >= 11 is 1.37. The van der Waals surface area contributed by atoms with Gasteiger partial charge in [-0.1, -0.05) is 24.3 Å². The van der Waals surface area contributed by atoms with E-state index in [0.717, 1.165) is 26.6 Å². The third kappa shape index (κ3) is 3.27. The highest BCUT2D eigenvalue weighted by atomic mass is 32.1. The number of aromatic amines is 1. The van der Waals surface area contributed by atoms with Gasteiger partial charge in [0.15, 0.2) is 0 Å². The van der Waals surface area contributed by atoms with Crippen LogP contribution in [0, 0.1) is 0 Å². The zero-order valence-corrected chi connectivity index (χ0v) is 16.6. The van der Waals surface area contributed by atoms with E-state index in [4.69, 9.17) is 0 Å². The Bertz CT molecular complexity index is 1340. The summed E-state index contributed by atoms with van der Waals surface area (Å²) in [5, 5.41) is 8.50. The van der Waals surface area contributed by atoms with Crippen LogP contribution in [0.25, 0.3) is 32.0 Å². The maximum Gasteiger partial charge on any atom is 0.272 e. The monoisotopic (exact) mass is 425 g/mol. The van der Waals surface area contributed by atoms with Crippen LogP contribution in [-0.4, -0.2) is 40.0 Å². The molecule has 1 fully saturated rings. The number of hydrogen-bond acceptors (Lipinski definition) is 4. The van der Waals surface area contributed by atoms with E-state index in [-0.39, 0.29) is 37.4 Å². The predicted octanol–water partition coefficient (Wildman–Crippen LogP) is 4.68. The van der Waals surface area contributed by atoms with Gasteiger partial charge < -0.3 is 4.90 Å². The van der Waals surface area contributed by atoms with Gasteiger partial charge in [-0.2, -0.15) is 5.10 Å². The number of hydrogen-bond donors (Lipinski definition) is 1. The topological polar surface area (TPSA) is 66.1 Å². The molecular weight excluding hydrogens is 408 g/mol. The lowest BCUT2D eigenvalue weighted by Gasteiger charge is -2.31. The van der Waals surface area contributed by atoms with Crippen molar-refractivity contribution in [1.29, 1.82) is 0 Å². The van der Waals surface area contributed by atoms with Gasteiger partial charge in [-0.25, -0.2) is 13.9 Å². The number of alkyl halides is 2. The number of thiophene rings is 1. The number of nitrogens with zero attached hydrogens (tertiary/aromatic N) is 2. The number of likely N-dealkylation sites (tertiary alicyclic amines) is 1. The second kappa shape index (κ2) is 6.98. The second-order valence-corrected chi connectivity index (χ2v) is 8.54. The van der Waals surface area contributed by atoms with E-state index >= 15 is 0 Å². The molecule has 2 aromatic heterocycles. The SMILES string of the molecule is O=C(c1cc2cccc(-c3ccc4c(=O)[nH]ncc4c3)c2s1)N1CCC(F)(F)CC1. The first-order valence-corrected chi connectivity index (χ1v) is 10.4. The van der Waals surface area contributed by atoms with Crippen LogP contribution in [0.4, 0.5) is 8.78 Å². The maximum atomic E-state index is 13.4. The zero-order chi connectivity index (χ0) is 20.9. The molecule has 1 aliphatic rings. The molecule has 0 spiro atoms. The highest BCUT2D eigenvalue weighted by molar-refractivity contribution is 7.21. The van der Waals surface area contributed by atoms with Crippen LogP contribution in [0.1, 0.15) is 22.5 Å². The van der Waals surface area contributed by atoms with Crippen LogP contribution < -0.4 is 5.56 Å². The number of amides is 1. The molecule has 152 valence electrons. The molecule has 1 amide bonds. The van der Waals surface area contributed by atoms with Gasteiger partial charge in [0.25, 0.3) is 17.4 Å². The molecule has 1 aliphatic heterocycles. The van der Waals surface area contributed by atoms with Crippen LogP contribution in [0.3, 0.4) is 0 Å². The number of piperidine rings is 1. The smallest absolute Gasteiger partial charge is 0.272 e. The average molecular weight is 425 g/mol. The lowest BCUT2D eigenvalue weighted by molar-refractivity contribution is -0.0493. The lowest BCUT2D eigenvalue weighted by Crippen LogP contribution is -2.42. The van der Waals surface area contributed by atoms with E-state index in [2.05, 4.69) is 10.2 Å². The molecule has 5 rings (SSSR count). The van der Waals surface area contributed by atoms with E-state index in [0.29, 0.717) is 10.3 Å². The number of carbonyl (C=O) groups excluding carboxylic acids is 1. The Morgan fingerprint density at radius 1 is 1.10 bits per heavy atom. The summed E-state index contributed by atoms with van der Waals surface area (Å²) < 4.78 is 27.8. The summed E-state index contributed by atoms with van der Waals surface area (Å²) in [6.07, 6.45) is 1.02. The van der Waals surface area contributed by atoms with Crippen LogP contribution in [0.2, 0.25) is 0 Å². The van der Waals surface area contributed by atoms with Crippen molar-refractivity contribution < 1.29 is 13.6 Å². The Hall–Kier alpha value is -3.13. The Morgan fingerprint density at radius 2 is 1.90 bits per heavy atom. The fourth-order valence-electron chi connectivity index (χ4n) is 3.85. The molecule has 1 saturated heterocycles. The summed E-state index contributed by atoms with van der Waals surface area (Å²) in [6.45, 7) is 0.137. The van der Waals surface area contributed by atoms with Gasteiger partial charge in [-0.05, 0) is 34.7 Å². The number of halogens is 2. The Morgan fingerprint density at radius 3 is 2.70 bits per heavy atom. The zero-order valence-electron chi connectivity index (χ0n) is 15.8. The van der Waals surface area contributed by atoms with Gasteiger partial charge in [0.05, 0.1) is 16.5 Å². The molecule has 0 unspecified atom stereocenters. The Balaban J connectivity index is 1.53. The van der Waals surface area contributed by atoms with Crippen molar-refractivity contribution in [3.05, 3.63) is 63.9 Å². The van der Waals surface area contributed by atoms with Crippen molar-refractivity contribution in [3.63, 3.8) is 0 Å².